The Morgan fingerprint density at radius 3 is 2.43 bits per heavy atom. The van der Waals surface area contributed by atoms with Gasteiger partial charge in [0.2, 0.25) is 0 Å². The molecule has 0 amide bonds. The van der Waals surface area contributed by atoms with Gasteiger partial charge in [0.05, 0.1) is 23.5 Å². The summed E-state index contributed by atoms with van der Waals surface area (Å²) in [5.74, 6) is -0.827. The van der Waals surface area contributed by atoms with Crippen molar-refractivity contribution < 1.29 is 9.90 Å². The molecule has 23 heavy (non-hydrogen) atoms. The number of aryl methyl sites for hydroxylation is 1. The number of halogens is 1. The van der Waals surface area contributed by atoms with Crippen molar-refractivity contribution in [2.24, 2.45) is 0 Å². The molecule has 3 rings (SSSR count). The van der Waals surface area contributed by atoms with Crippen LogP contribution in [0.3, 0.4) is 0 Å². The van der Waals surface area contributed by atoms with E-state index in [2.05, 4.69) is 5.10 Å². The van der Waals surface area contributed by atoms with E-state index in [1.165, 1.54) is 0 Å². The lowest BCUT2D eigenvalue weighted by Gasteiger charge is -2.07. The molecule has 0 aliphatic rings. The highest BCUT2D eigenvalue weighted by atomic mass is 35.5. The number of benzene rings is 2. The molecule has 4 nitrogen and oxygen atoms in total. The molecule has 0 bridgehead atoms. The summed E-state index contributed by atoms with van der Waals surface area (Å²) >= 11 is 5.96. The average Bonchev–Trinajstić information content (AvgIpc) is 2.99. The summed E-state index contributed by atoms with van der Waals surface area (Å²) < 4.78 is 1.83. The van der Waals surface area contributed by atoms with Crippen molar-refractivity contribution in [3.05, 3.63) is 71.4 Å². The van der Waals surface area contributed by atoms with Gasteiger partial charge in [-0.1, -0.05) is 41.9 Å². The second-order valence-electron chi connectivity index (χ2n) is 5.17. The van der Waals surface area contributed by atoms with Gasteiger partial charge < -0.3 is 5.11 Å². The maximum absolute atomic E-state index is 10.8. The van der Waals surface area contributed by atoms with E-state index in [4.69, 9.17) is 16.7 Å². The number of nitrogens with zero attached hydrogens (tertiary/aromatic N) is 2. The van der Waals surface area contributed by atoms with Crippen molar-refractivity contribution in [3.8, 4) is 16.9 Å². The maximum atomic E-state index is 10.8. The zero-order chi connectivity index (χ0) is 16.2. The van der Waals surface area contributed by atoms with Gasteiger partial charge in [0.1, 0.15) is 0 Å². The average molecular weight is 327 g/mol. The highest BCUT2D eigenvalue weighted by Crippen LogP contribution is 2.25. The molecule has 0 spiro atoms. The Kier molecular flexibility index (Phi) is 4.44. The Morgan fingerprint density at radius 1 is 1.09 bits per heavy atom. The molecule has 2 aromatic carbocycles. The van der Waals surface area contributed by atoms with E-state index in [0.29, 0.717) is 11.4 Å². The van der Waals surface area contributed by atoms with Crippen molar-refractivity contribution in [1.82, 2.24) is 9.78 Å². The number of aromatic nitrogens is 2. The standard InChI is InChI=1S/C18H15ClN2O2/c19-14-8-6-13(7-9-14)17-12-15(10-11-18(22)23)20-21(17)16-4-2-1-3-5-16/h1-9,12H,10-11H2,(H,22,23). The summed E-state index contributed by atoms with van der Waals surface area (Å²) in [4.78, 5) is 10.8. The predicted octanol–water partition coefficient (Wildman–Crippen LogP) is 4.21. The molecule has 0 unspecified atom stereocenters. The minimum absolute atomic E-state index is 0.0614. The lowest BCUT2D eigenvalue weighted by molar-refractivity contribution is -0.136. The first-order valence-electron chi connectivity index (χ1n) is 7.25. The number of hydrogen-bond acceptors (Lipinski definition) is 2. The molecule has 0 aliphatic carbocycles. The molecule has 0 radical (unpaired) electrons. The predicted molar refractivity (Wildman–Crippen MR) is 90.0 cm³/mol. The third-order valence-electron chi connectivity index (χ3n) is 3.50. The van der Waals surface area contributed by atoms with Gasteiger partial charge in [-0.05, 0) is 30.3 Å². The molecule has 0 atom stereocenters. The van der Waals surface area contributed by atoms with E-state index in [1.54, 1.807) is 0 Å². The van der Waals surface area contributed by atoms with E-state index < -0.39 is 5.97 Å². The Bertz CT molecular complexity index is 811. The molecule has 1 aromatic heterocycles. The Labute approximate surface area is 139 Å². The number of carbonyl (C=O) groups is 1. The van der Waals surface area contributed by atoms with Crippen LogP contribution in [0.4, 0.5) is 0 Å². The van der Waals surface area contributed by atoms with Gasteiger partial charge in [0.15, 0.2) is 0 Å². The van der Waals surface area contributed by atoms with Crippen LogP contribution in [0.2, 0.25) is 5.02 Å². The molecule has 3 aromatic rings. The molecule has 1 heterocycles. The van der Waals surface area contributed by atoms with E-state index >= 15 is 0 Å². The van der Waals surface area contributed by atoms with Crippen LogP contribution in [-0.2, 0) is 11.2 Å². The fraction of sp³-hybridized carbons (Fsp3) is 0.111. The van der Waals surface area contributed by atoms with Gasteiger partial charge >= 0.3 is 5.97 Å². The SMILES string of the molecule is O=C(O)CCc1cc(-c2ccc(Cl)cc2)n(-c2ccccc2)n1. The highest BCUT2D eigenvalue weighted by molar-refractivity contribution is 6.30. The van der Waals surface area contributed by atoms with Gasteiger partial charge in [-0.25, -0.2) is 4.68 Å². The van der Waals surface area contributed by atoms with Gasteiger partial charge in [0, 0.05) is 17.0 Å². The molecule has 0 fully saturated rings. The number of carboxylic acids is 1. The molecule has 116 valence electrons. The minimum atomic E-state index is -0.827. The largest absolute Gasteiger partial charge is 0.481 e. The van der Waals surface area contributed by atoms with Gasteiger partial charge in [-0.3, -0.25) is 4.79 Å². The van der Waals surface area contributed by atoms with E-state index in [1.807, 2.05) is 65.3 Å². The molecule has 0 saturated carbocycles. The summed E-state index contributed by atoms with van der Waals surface area (Å²) in [6.07, 6.45) is 0.460. The van der Waals surface area contributed by atoms with Crippen molar-refractivity contribution in [3.63, 3.8) is 0 Å². The topological polar surface area (TPSA) is 55.1 Å². The fourth-order valence-corrected chi connectivity index (χ4v) is 2.51. The Balaban J connectivity index is 2.05. The molecular weight excluding hydrogens is 312 g/mol. The van der Waals surface area contributed by atoms with Gasteiger partial charge in [-0.15, -0.1) is 0 Å². The van der Waals surface area contributed by atoms with Gasteiger partial charge in [-0.2, -0.15) is 5.10 Å². The van der Waals surface area contributed by atoms with Crippen LogP contribution in [-0.4, -0.2) is 20.9 Å². The van der Waals surface area contributed by atoms with Crippen molar-refractivity contribution >= 4 is 17.6 Å². The van der Waals surface area contributed by atoms with Crippen LogP contribution < -0.4 is 0 Å². The van der Waals surface area contributed by atoms with Crippen LogP contribution >= 0.6 is 11.6 Å². The summed E-state index contributed by atoms with van der Waals surface area (Å²) in [6.45, 7) is 0. The summed E-state index contributed by atoms with van der Waals surface area (Å²) in [5, 5.41) is 14.1. The first-order chi connectivity index (χ1) is 11.1. The second-order valence-corrected chi connectivity index (χ2v) is 5.61. The molecule has 1 N–H and O–H groups in total. The number of rotatable bonds is 5. The van der Waals surface area contributed by atoms with Crippen molar-refractivity contribution in [2.75, 3.05) is 0 Å². The summed E-state index contributed by atoms with van der Waals surface area (Å²) in [6, 6.07) is 19.2. The second kappa shape index (κ2) is 6.67. The van der Waals surface area contributed by atoms with Crippen molar-refractivity contribution in [1.29, 1.82) is 0 Å². The lowest BCUT2D eigenvalue weighted by Crippen LogP contribution is -2.01. The van der Waals surface area contributed by atoms with E-state index in [0.717, 1.165) is 22.6 Å². The first-order valence-corrected chi connectivity index (χ1v) is 7.63. The molecule has 0 aliphatic heterocycles. The summed E-state index contributed by atoms with van der Waals surface area (Å²) in [7, 11) is 0. The van der Waals surface area contributed by atoms with Crippen LogP contribution in [0.25, 0.3) is 16.9 Å². The van der Waals surface area contributed by atoms with Crippen LogP contribution in [0.5, 0.6) is 0 Å². The first kappa shape index (κ1) is 15.3. The third-order valence-corrected chi connectivity index (χ3v) is 3.75. The minimum Gasteiger partial charge on any atom is -0.481 e. The van der Waals surface area contributed by atoms with Crippen LogP contribution in [0.15, 0.2) is 60.7 Å². The van der Waals surface area contributed by atoms with Crippen LogP contribution in [0.1, 0.15) is 12.1 Å². The quantitative estimate of drug-likeness (QED) is 0.764. The molecular formula is C18H15ClN2O2. The normalized spacial score (nSPS) is 10.7. The highest BCUT2D eigenvalue weighted by Gasteiger charge is 2.12. The smallest absolute Gasteiger partial charge is 0.303 e. The van der Waals surface area contributed by atoms with Crippen LogP contribution in [0, 0.1) is 0 Å². The van der Waals surface area contributed by atoms with Gasteiger partial charge in [0.25, 0.3) is 0 Å². The van der Waals surface area contributed by atoms with E-state index in [9.17, 15) is 4.79 Å². The third kappa shape index (κ3) is 3.60. The lowest BCUT2D eigenvalue weighted by atomic mass is 10.1. The zero-order valence-corrected chi connectivity index (χ0v) is 13.1. The Hall–Kier alpha value is -2.59. The summed E-state index contributed by atoms with van der Waals surface area (Å²) in [5.41, 5.74) is 3.57. The zero-order valence-electron chi connectivity index (χ0n) is 12.3. The monoisotopic (exact) mass is 326 g/mol. The fourth-order valence-electron chi connectivity index (χ4n) is 2.38. The molecule has 0 saturated heterocycles. The maximum Gasteiger partial charge on any atom is 0.303 e. The number of para-hydroxylation sites is 1. The van der Waals surface area contributed by atoms with E-state index in [-0.39, 0.29) is 6.42 Å². The van der Waals surface area contributed by atoms with Crippen molar-refractivity contribution in [2.45, 2.75) is 12.8 Å². The number of carboxylic acid groups (broad SMARTS) is 1. The Morgan fingerprint density at radius 2 is 1.78 bits per heavy atom. The number of hydrogen-bond donors (Lipinski definition) is 1. The number of aliphatic carboxylic acids is 1. The molecule has 5 heteroatoms.